The highest BCUT2D eigenvalue weighted by atomic mass is 16.1. The molecule has 0 spiro atoms. The maximum Gasteiger partial charge on any atom is 0.253 e. The molecule has 1 aromatic rings. The van der Waals surface area contributed by atoms with Crippen LogP contribution in [0.3, 0.4) is 0 Å². The van der Waals surface area contributed by atoms with Crippen LogP contribution in [0, 0.1) is 5.92 Å². The van der Waals surface area contributed by atoms with Crippen molar-refractivity contribution in [1.82, 2.24) is 5.32 Å². The molecule has 0 aromatic heterocycles. The number of nitrogen functional groups attached to an aromatic ring is 1. The highest BCUT2D eigenvalue weighted by Crippen LogP contribution is 2.30. The van der Waals surface area contributed by atoms with Crippen molar-refractivity contribution in [3.63, 3.8) is 0 Å². The number of anilines is 2. The van der Waals surface area contributed by atoms with Gasteiger partial charge in [-0.25, -0.2) is 0 Å². The molecule has 4 heteroatoms. The number of nitrogens with zero attached hydrogens (tertiary/aromatic N) is 1. The van der Waals surface area contributed by atoms with Gasteiger partial charge in [-0.05, 0) is 37.0 Å². The number of nitrogens with one attached hydrogen (secondary N) is 1. The van der Waals surface area contributed by atoms with E-state index >= 15 is 0 Å². The topological polar surface area (TPSA) is 58.4 Å². The summed E-state index contributed by atoms with van der Waals surface area (Å²) in [6.45, 7) is 0.993. The maximum atomic E-state index is 11.8. The van der Waals surface area contributed by atoms with E-state index in [0.717, 1.165) is 18.2 Å². The zero-order chi connectivity index (χ0) is 13.1. The van der Waals surface area contributed by atoms with Crippen molar-refractivity contribution in [3.8, 4) is 0 Å². The van der Waals surface area contributed by atoms with Crippen LogP contribution in [0.15, 0.2) is 18.2 Å². The van der Waals surface area contributed by atoms with E-state index in [-0.39, 0.29) is 5.91 Å². The van der Waals surface area contributed by atoms with Gasteiger partial charge < -0.3 is 16.0 Å². The summed E-state index contributed by atoms with van der Waals surface area (Å²) in [7, 11) is 3.67. The van der Waals surface area contributed by atoms with Crippen molar-refractivity contribution < 1.29 is 4.79 Å². The van der Waals surface area contributed by atoms with Crippen molar-refractivity contribution in [2.45, 2.75) is 19.3 Å². The summed E-state index contributed by atoms with van der Waals surface area (Å²) in [5, 5.41) is 2.67. The van der Waals surface area contributed by atoms with Crippen molar-refractivity contribution in [1.29, 1.82) is 0 Å². The number of hydrogen-bond donors (Lipinski definition) is 2. The first-order chi connectivity index (χ1) is 8.61. The van der Waals surface area contributed by atoms with Gasteiger partial charge in [0.25, 0.3) is 5.91 Å². The lowest BCUT2D eigenvalue weighted by atomic mass is 9.85. The molecule has 0 heterocycles. The van der Waals surface area contributed by atoms with Gasteiger partial charge in [0.15, 0.2) is 0 Å². The van der Waals surface area contributed by atoms with Crippen LogP contribution in [0.25, 0.3) is 0 Å². The van der Waals surface area contributed by atoms with Gasteiger partial charge in [0.1, 0.15) is 0 Å². The third kappa shape index (κ3) is 2.58. The van der Waals surface area contributed by atoms with Gasteiger partial charge >= 0.3 is 0 Å². The van der Waals surface area contributed by atoms with Gasteiger partial charge in [0.2, 0.25) is 0 Å². The molecule has 0 unspecified atom stereocenters. The van der Waals surface area contributed by atoms with E-state index in [2.05, 4.69) is 10.2 Å². The fourth-order valence-corrected chi connectivity index (χ4v) is 2.35. The third-order valence-electron chi connectivity index (χ3n) is 3.66. The van der Waals surface area contributed by atoms with Gasteiger partial charge in [-0.3, -0.25) is 4.79 Å². The van der Waals surface area contributed by atoms with Crippen LogP contribution in [0.2, 0.25) is 0 Å². The molecule has 1 aromatic carbocycles. The molecule has 0 aliphatic heterocycles. The maximum absolute atomic E-state index is 11.8. The molecule has 98 valence electrons. The Morgan fingerprint density at radius 1 is 1.50 bits per heavy atom. The minimum Gasteiger partial charge on any atom is -0.399 e. The average Bonchev–Trinajstić information content (AvgIpc) is 2.32. The highest BCUT2D eigenvalue weighted by molar-refractivity contribution is 6.00. The third-order valence-corrected chi connectivity index (χ3v) is 3.66. The van der Waals surface area contributed by atoms with E-state index < -0.39 is 0 Å². The van der Waals surface area contributed by atoms with Gasteiger partial charge in [-0.2, -0.15) is 0 Å². The SMILES string of the molecule is CNC(=O)c1ccc(N)cc1N(C)CC1CCC1. The van der Waals surface area contributed by atoms with E-state index in [9.17, 15) is 4.79 Å². The Morgan fingerprint density at radius 2 is 2.22 bits per heavy atom. The molecule has 0 saturated heterocycles. The summed E-state index contributed by atoms with van der Waals surface area (Å²) in [6, 6.07) is 5.44. The molecule has 1 aliphatic carbocycles. The molecule has 3 N–H and O–H groups in total. The zero-order valence-electron chi connectivity index (χ0n) is 11.1. The molecule has 2 rings (SSSR count). The van der Waals surface area contributed by atoms with Gasteiger partial charge in [-0.1, -0.05) is 6.42 Å². The molecule has 4 nitrogen and oxygen atoms in total. The lowest BCUT2D eigenvalue weighted by molar-refractivity contribution is 0.0963. The van der Waals surface area contributed by atoms with Crippen molar-refractivity contribution in [2.24, 2.45) is 5.92 Å². The normalized spacial score (nSPS) is 15.0. The number of carbonyl (C=O) groups is 1. The summed E-state index contributed by atoms with van der Waals surface area (Å²) >= 11 is 0. The highest BCUT2D eigenvalue weighted by Gasteiger charge is 2.21. The summed E-state index contributed by atoms with van der Waals surface area (Å²) in [6.07, 6.45) is 3.92. The minimum atomic E-state index is -0.0644. The standard InChI is InChI=1S/C14H21N3O/c1-16-14(18)12-7-6-11(15)8-13(12)17(2)9-10-4-3-5-10/h6-8,10H,3-5,9,15H2,1-2H3,(H,16,18). The molecule has 0 radical (unpaired) electrons. The molecule has 0 bridgehead atoms. The molecular weight excluding hydrogens is 226 g/mol. The van der Waals surface area contributed by atoms with Crippen LogP contribution in [0.5, 0.6) is 0 Å². The van der Waals surface area contributed by atoms with E-state index in [0.29, 0.717) is 11.3 Å². The molecule has 1 aliphatic rings. The Labute approximate surface area is 108 Å². The van der Waals surface area contributed by atoms with Crippen LogP contribution >= 0.6 is 0 Å². The second-order valence-corrected chi connectivity index (χ2v) is 5.03. The van der Waals surface area contributed by atoms with Gasteiger partial charge in [0.05, 0.1) is 11.3 Å². The molecule has 0 atom stereocenters. The van der Waals surface area contributed by atoms with Crippen LogP contribution in [0.4, 0.5) is 11.4 Å². The lowest BCUT2D eigenvalue weighted by Crippen LogP contribution is -2.31. The molecule has 18 heavy (non-hydrogen) atoms. The van der Waals surface area contributed by atoms with Gasteiger partial charge in [0, 0.05) is 26.3 Å². The number of carbonyl (C=O) groups excluding carboxylic acids is 1. The minimum absolute atomic E-state index is 0.0644. The smallest absolute Gasteiger partial charge is 0.253 e. The fraction of sp³-hybridized carbons (Fsp3) is 0.500. The van der Waals surface area contributed by atoms with Crippen LogP contribution in [0.1, 0.15) is 29.6 Å². The molecule has 1 amide bonds. The number of benzene rings is 1. The predicted molar refractivity (Wildman–Crippen MR) is 74.9 cm³/mol. The first-order valence-corrected chi connectivity index (χ1v) is 6.44. The summed E-state index contributed by atoms with van der Waals surface area (Å²) in [5.41, 5.74) is 8.12. The van der Waals surface area contributed by atoms with Crippen LogP contribution in [-0.2, 0) is 0 Å². The van der Waals surface area contributed by atoms with Crippen molar-refractivity contribution in [3.05, 3.63) is 23.8 Å². The molecule has 1 saturated carbocycles. The molecule has 1 fully saturated rings. The second-order valence-electron chi connectivity index (χ2n) is 5.03. The van der Waals surface area contributed by atoms with Gasteiger partial charge in [-0.15, -0.1) is 0 Å². The Morgan fingerprint density at radius 3 is 2.78 bits per heavy atom. The summed E-state index contributed by atoms with van der Waals surface area (Å²) in [5.74, 6) is 0.694. The summed E-state index contributed by atoms with van der Waals surface area (Å²) < 4.78 is 0. The fourth-order valence-electron chi connectivity index (χ4n) is 2.35. The average molecular weight is 247 g/mol. The number of rotatable bonds is 4. The number of nitrogens with two attached hydrogens (primary N) is 1. The van der Waals surface area contributed by atoms with Crippen LogP contribution in [-0.4, -0.2) is 26.5 Å². The zero-order valence-corrected chi connectivity index (χ0v) is 11.1. The largest absolute Gasteiger partial charge is 0.399 e. The number of amides is 1. The Kier molecular flexibility index (Phi) is 3.75. The van der Waals surface area contributed by atoms with E-state index in [1.165, 1.54) is 19.3 Å². The van der Waals surface area contributed by atoms with Crippen molar-refractivity contribution >= 4 is 17.3 Å². The Balaban J connectivity index is 2.22. The number of hydrogen-bond acceptors (Lipinski definition) is 3. The second kappa shape index (κ2) is 5.29. The monoisotopic (exact) mass is 247 g/mol. The quantitative estimate of drug-likeness (QED) is 0.798. The van der Waals surface area contributed by atoms with Crippen molar-refractivity contribution in [2.75, 3.05) is 31.3 Å². The molecular formula is C14H21N3O. The summed E-state index contributed by atoms with van der Waals surface area (Å²) in [4.78, 5) is 14.0. The van der Waals surface area contributed by atoms with E-state index in [4.69, 9.17) is 5.73 Å². The van der Waals surface area contributed by atoms with Crippen LogP contribution < -0.4 is 16.0 Å². The first kappa shape index (κ1) is 12.7. The predicted octanol–water partition coefficient (Wildman–Crippen LogP) is 1.86. The van der Waals surface area contributed by atoms with E-state index in [1.54, 1.807) is 19.2 Å². The Bertz CT molecular complexity index is 441. The van der Waals surface area contributed by atoms with E-state index in [1.807, 2.05) is 13.1 Å². The Hall–Kier alpha value is -1.71. The first-order valence-electron chi connectivity index (χ1n) is 6.44. The lowest BCUT2D eigenvalue weighted by Gasteiger charge is -2.32.